The fourth-order valence-electron chi connectivity index (χ4n) is 2.93. The van der Waals surface area contributed by atoms with Crippen molar-refractivity contribution < 1.29 is 9.53 Å². The monoisotopic (exact) mass is 325 g/mol. The van der Waals surface area contributed by atoms with Crippen molar-refractivity contribution in [3.63, 3.8) is 0 Å². The van der Waals surface area contributed by atoms with Crippen molar-refractivity contribution in [3.8, 4) is 11.4 Å². The molecule has 2 aromatic rings. The summed E-state index contributed by atoms with van der Waals surface area (Å²) in [4.78, 5) is 12.4. The Hall–Kier alpha value is -2.56. The van der Waals surface area contributed by atoms with Gasteiger partial charge < -0.3 is 10.1 Å². The van der Waals surface area contributed by atoms with Gasteiger partial charge in [-0.2, -0.15) is 5.10 Å². The molecule has 1 heterocycles. The van der Waals surface area contributed by atoms with Crippen LogP contribution < -0.4 is 10.1 Å². The smallest absolute Gasteiger partial charge is 0.275 e. The lowest BCUT2D eigenvalue weighted by Crippen LogP contribution is -2.26. The Labute approximate surface area is 142 Å². The van der Waals surface area contributed by atoms with Crippen LogP contribution in [-0.2, 0) is 0 Å². The van der Waals surface area contributed by atoms with Gasteiger partial charge in [0, 0.05) is 6.54 Å². The second-order valence-electron chi connectivity index (χ2n) is 5.94. The Morgan fingerprint density at radius 1 is 1.29 bits per heavy atom. The molecule has 1 aliphatic carbocycles. The van der Waals surface area contributed by atoms with Crippen LogP contribution in [0.1, 0.15) is 42.6 Å². The molecule has 1 N–H and O–H groups in total. The Morgan fingerprint density at radius 2 is 2.12 bits per heavy atom. The molecule has 126 valence electrons. The Kier molecular flexibility index (Phi) is 5.31. The standard InChI is InChI=1S/C19H23N3O2/c1-24-17-14-22(16-10-6-3-7-11-16)21-18(17)19(23)20-13-12-15-8-4-2-5-9-15/h3,6-8,10-11,14H,2,4-5,9,12-13H2,1H3,(H,20,23). The van der Waals surface area contributed by atoms with Crippen LogP contribution in [0.25, 0.3) is 5.69 Å². The summed E-state index contributed by atoms with van der Waals surface area (Å²) in [5, 5.41) is 7.33. The lowest BCUT2D eigenvalue weighted by atomic mass is 9.97. The topological polar surface area (TPSA) is 56.2 Å². The SMILES string of the molecule is COc1cn(-c2ccccc2)nc1C(=O)NCCC1=CCCCC1. The number of nitrogens with zero attached hydrogens (tertiary/aromatic N) is 2. The molecule has 0 aliphatic heterocycles. The van der Waals surface area contributed by atoms with E-state index in [9.17, 15) is 4.79 Å². The Balaban J connectivity index is 1.65. The molecular weight excluding hydrogens is 302 g/mol. The molecule has 0 atom stereocenters. The van der Waals surface area contributed by atoms with Crippen LogP contribution >= 0.6 is 0 Å². The zero-order valence-corrected chi connectivity index (χ0v) is 14.0. The van der Waals surface area contributed by atoms with Crippen molar-refractivity contribution in [2.24, 2.45) is 0 Å². The van der Waals surface area contributed by atoms with E-state index >= 15 is 0 Å². The van der Waals surface area contributed by atoms with Crippen LogP contribution in [-0.4, -0.2) is 29.3 Å². The maximum absolute atomic E-state index is 12.4. The van der Waals surface area contributed by atoms with Gasteiger partial charge in [-0.05, 0) is 44.2 Å². The van der Waals surface area contributed by atoms with E-state index in [1.54, 1.807) is 18.0 Å². The molecule has 24 heavy (non-hydrogen) atoms. The number of hydrogen-bond donors (Lipinski definition) is 1. The summed E-state index contributed by atoms with van der Waals surface area (Å²) in [7, 11) is 1.55. The molecule has 1 aromatic heterocycles. The van der Waals surface area contributed by atoms with Crippen molar-refractivity contribution in [3.05, 3.63) is 53.9 Å². The van der Waals surface area contributed by atoms with E-state index in [2.05, 4.69) is 16.5 Å². The third-order valence-electron chi connectivity index (χ3n) is 4.25. The lowest BCUT2D eigenvalue weighted by molar-refractivity contribution is 0.0945. The van der Waals surface area contributed by atoms with Gasteiger partial charge in [-0.3, -0.25) is 4.79 Å². The number of methoxy groups -OCH3 is 1. The molecule has 1 aromatic carbocycles. The van der Waals surface area contributed by atoms with Gasteiger partial charge in [0.05, 0.1) is 19.0 Å². The molecule has 0 saturated carbocycles. The van der Waals surface area contributed by atoms with E-state index in [4.69, 9.17) is 4.74 Å². The molecule has 0 spiro atoms. The molecule has 3 rings (SSSR count). The molecule has 1 amide bonds. The van der Waals surface area contributed by atoms with Crippen molar-refractivity contribution in [2.45, 2.75) is 32.1 Å². The van der Waals surface area contributed by atoms with E-state index in [0.717, 1.165) is 18.5 Å². The van der Waals surface area contributed by atoms with E-state index in [1.165, 1.54) is 24.8 Å². The lowest BCUT2D eigenvalue weighted by Gasteiger charge is -2.12. The molecule has 0 unspecified atom stereocenters. The summed E-state index contributed by atoms with van der Waals surface area (Å²) in [6.45, 7) is 0.631. The number of amides is 1. The van der Waals surface area contributed by atoms with Crippen molar-refractivity contribution in [1.29, 1.82) is 0 Å². The first kappa shape index (κ1) is 16.3. The second kappa shape index (κ2) is 7.81. The van der Waals surface area contributed by atoms with Gasteiger partial charge in [0.1, 0.15) is 0 Å². The van der Waals surface area contributed by atoms with E-state index in [-0.39, 0.29) is 5.91 Å². The molecule has 0 fully saturated rings. The Morgan fingerprint density at radius 3 is 2.83 bits per heavy atom. The van der Waals surface area contributed by atoms with Gasteiger partial charge in [-0.1, -0.05) is 29.8 Å². The first-order valence-corrected chi connectivity index (χ1v) is 8.43. The average Bonchev–Trinajstić information content (AvgIpc) is 3.08. The highest BCUT2D eigenvalue weighted by molar-refractivity contribution is 5.94. The van der Waals surface area contributed by atoms with Crippen LogP contribution in [0.5, 0.6) is 5.75 Å². The van der Waals surface area contributed by atoms with Gasteiger partial charge in [-0.15, -0.1) is 0 Å². The third kappa shape index (κ3) is 3.85. The summed E-state index contributed by atoms with van der Waals surface area (Å²) < 4.78 is 6.97. The highest BCUT2D eigenvalue weighted by Crippen LogP contribution is 2.21. The first-order chi connectivity index (χ1) is 11.8. The van der Waals surface area contributed by atoms with Crippen molar-refractivity contribution in [1.82, 2.24) is 15.1 Å². The number of ether oxygens (including phenoxy) is 1. The minimum atomic E-state index is -0.196. The fraction of sp³-hybridized carbons (Fsp3) is 0.368. The van der Waals surface area contributed by atoms with Crippen molar-refractivity contribution >= 4 is 5.91 Å². The minimum Gasteiger partial charge on any atom is -0.493 e. The van der Waals surface area contributed by atoms with Gasteiger partial charge in [0.25, 0.3) is 5.91 Å². The summed E-state index contributed by atoms with van der Waals surface area (Å²) in [6, 6.07) is 9.67. The average molecular weight is 325 g/mol. The summed E-state index contributed by atoms with van der Waals surface area (Å²) in [5.74, 6) is 0.283. The quantitative estimate of drug-likeness (QED) is 0.827. The number of rotatable bonds is 6. The molecular formula is C19H23N3O2. The van der Waals surface area contributed by atoms with Crippen LogP contribution in [0, 0.1) is 0 Å². The van der Waals surface area contributed by atoms with Crippen LogP contribution in [0.15, 0.2) is 48.2 Å². The number of aromatic nitrogens is 2. The van der Waals surface area contributed by atoms with E-state index in [1.807, 2.05) is 30.3 Å². The highest BCUT2D eigenvalue weighted by Gasteiger charge is 2.18. The summed E-state index contributed by atoms with van der Waals surface area (Å²) >= 11 is 0. The van der Waals surface area contributed by atoms with E-state index < -0.39 is 0 Å². The van der Waals surface area contributed by atoms with Crippen LogP contribution in [0.3, 0.4) is 0 Å². The van der Waals surface area contributed by atoms with Gasteiger partial charge in [0.15, 0.2) is 11.4 Å². The van der Waals surface area contributed by atoms with E-state index in [0.29, 0.717) is 18.0 Å². The number of nitrogens with one attached hydrogen (secondary N) is 1. The second-order valence-corrected chi connectivity index (χ2v) is 5.94. The van der Waals surface area contributed by atoms with Crippen molar-refractivity contribution in [2.75, 3.05) is 13.7 Å². The van der Waals surface area contributed by atoms with Gasteiger partial charge in [0.2, 0.25) is 0 Å². The number of benzene rings is 1. The zero-order chi connectivity index (χ0) is 16.8. The number of allylic oxidation sites excluding steroid dienone is 1. The third-order valence-corrected chi connectivity index (χ3v) is 4.25. The molecule has 1 aliphatic rings. The zero-order valence-electron chi connectivity index (χ0n) is 14.0. The molecule has 0 saturated heterocycles. The number of para-hydroxylation sites is 1. The Bertz CT molecular complexity index is 719. The molecule has 5 nitrogen and oxygen atoms in total. The number of carbonyl (C=O) groups excluding carboxylic acids is 1. The maximum atomic E-state index is 12.4. The molecule has 5 heteroatoms. The normalized spacial score (nSPS) is 14.1. The van der Waals surface area contributed by atoms with Crippen LogP contribution in [0.2, 0.25) is 0 Å². The number of hydrogen-bond acceptors (Lipinski definition) is 3. The highest BCUT2D eigenvalue weighted by atomic mass is 16.5. The fourth-order valence-corrected chi connectivity index (χ4v) is 2.93. The van der Waals surface area contributed by atoms with Gasteiger partial charge >= 0.3 is 0 Å². The minimum absolute atomic E-state index is 0.196. The predicted octanol–water partition coefficient (Wildman–Crippen LogP) is 3.50. The summed E-state index contributed by atoms with van der Waals surface area (Å²) in [6.07, 6.45) is 9.81. The first-order valence-electron chi connectivity index (χ1n) is 8.43. The molecule has 0 bridgehead atoms. The summed E-state index contributed by atoms with van der Waals surface area (Å²) in [5.41, 5.74) is 2.66. The van der Waals surface area contributed by atoms with Crippen LogP contribution in [0.4, 0.5) is 0 Å². The maximum Gasteiger partial charge on any atom is 0.275 e. The largest absolute Gasteiger partial charge is 0.493 e. The predicted molar refractivity (Wildman–Crippen MR) is 93.6 cm³/mol. The van der Waals surface area contributed by atoms with Gasteiger partial charge in [-0.25, -0.2) is 4.68 Å². The molecule has 0 radical (unpaired) electrons. The number of carbonyl (C=O) groups is 1.